The summed E-state index contributed by atoms with van der Waals surface area (Å²) < 4.78 is 76.0. The van der Waals surface area contributed by atoms with Crippen molar-refractivity contribution in [1.29, 1.82) is 0 Å². The highest BCUT2D eigenvalue weighted by Gasteiger charge is 2.33. The van der Waals surface area contributed by atoms with Gasteiger partial charge in [-0.05, 0) is 98.8 Å². The molecular formula is C35H39F5N4O4. The minimum Gasteiger partial charge on any atom is -0.466 e. The molecule has 258 valence electrons. The van der Waals surface area contributed by atoms with Gasteiger partial charge in [0, 0.05) is 18.7 Å². The van der Waals surface area contributed by atoms with Gasteiger partial charge in [0.05, 0.1) is 30.3 Å². The minimum absolute atomic E-state index is 0.0155. The van der Waals surface area contributed by atoms with E-state index in [1.807, 2.05) is 13.1 Å². The number of rotatable bonds is 11. The zero-order valence-electron chi connectivity index (χ0n) is 27.5. The van der Waals surface area contributed by atoms with Gasteiger partial charge in [0.2, 0.25) is 5.91 Å². The molecule has 1 aliphatic rings. The summed E-state index contributed by atoms with van der Waals surface area (Å²) in [5, 5.41) is 5.27. The molecule has 0 saturated heterocycles. The van der Waals surface area contributed by atoms with E-state index in [2.05, 4.69) is 20.5 Å². The molecular weight excluding hydrogens is 635 g/mol. The van der Waals surface area contributed by atoms with Crippen molar-refractivity contribution in [3.63, 3.8) is 0 Å². The molecule has 13 heteroatoms. The number of benzene rings is 2. The van der Waals surface area contributed by atoms with Crippen molar-refractivity contribution in [3.05, 3.63) is 87.2 Å². The molecule has 48 heavy (non-hydrogen) atoms. The predicted molar refractivity (Wildman–Crippen MR) is 169 cm³/mol. The Labute approximate surface area is 276 Å². The molecule has 0 spiro atoms. The second kappa shape index (κ2) is 15.2. The van der Waals surface area contributed by atoms with Gasteiger partial charge in [-0.25, -0.2) is 13.8 Å². The molecule has 2 heterocycles. The van der Waals surface area contributed by atoms with Crippen LogP contribution in [-0.4, -0.2) is 53.9 Å². The normalized spacial score (nSPS) is 14.5. The van der Waals surface area contributed by atoms with Crippen molar-refractivity contribution in [2.45, 2.75) is 78.2 Å². The van der Waals surface area contributed by atoms with E-state index < -0.39 is 65.2 Å². The molecule has 2 amide bonds. The van der Waals surface area contributed by atoms with Crippen LogP contribution in [0.2, 0.25) is 0 Å². The van der Waals surface area contributed by atoms with Gasteiger partial charge in [-0.1, -0.05) is 19.4 Å². The van der Waals surface area contributed by atoms with Gasteiger partial charge in [-0.15, -0.1) is 0 Å². The first kappa shape index (κ1) is 36.4. The van der Waals surface area contributed by atoms with Crippen LogP contribution in [0.15, 0.2) is 36.4 Å². The number of nitrogens with one attached hydrogen (secondary N) is 2. The molecule has 0 saturated carbocycles. The molecule has 2 atom stereocenters. The number of likely N-dealkylation sites (N-methyl/N-ethyl adjacent to an activating group) is 1. The molecule has 0 aliphatic carbocycles. The van der Waals surface area contributed by atoms with E-state index >= 15 is 8.78 Å². The van der Waals surface area contributed by atoms with Crippen LogP contribution in [-0.2, 0) is 33.5 Å². The maximum atomic E-state index is 15.5. The zero-order chi connectivity index (χ0) is 35.3. The Kier molecular flexibility index (Phi) is 11.6. The lowest BCUT2D eigenvalue weighted by Crippen LogP contribution is -2.48. The number of hydrogen-bond donors (Lipinski definition) is 2. The first-order valence-corrected chi connectivity index (χ1v) is 15.7. The first-order valence-electron chi connectivity index (χ1n) is 15.7. The Morgan fingerprint density at radius 3 is 2.33 bits per heavy atom. The highest BCUT2D eigenvalue weighted by molar-refractivity contribution is 5.96. The van der Waals surface area contributed by atoms with Crippen molar-refractivity contribution < 1.29 is 41.1 Å². The number of alkyl halides is 3. The number of carbonyl (C=O) groups is 3. The molecule has 0 radical (unpaired) electrons. The Morgan fingerprint density at radius 2 is 1.71 bits per heavy atom. The van der Waals surface area contributed by atoms with Gasteiger partial charge in [-0.2, -0.15) is 13.2 Å². The Bertz CT molecular complexity index is 1670. The summed E-state index contributed by atoms with van der Waals surface area (Å²) in [6.07, 6.45) is -3.76. The molecule has 1 aromatic heterocycles. The van der Waals surface area contributed by atoms with Crippen LogP contribution in [0.25, 0.3) is 11.1 Å². The topological polar surface area (TPSA) is 101 Å². The molecule has 0 bridgehead atoms. The SMILES string of the molecule is CCC[C@H](NC(=O)c1ccc2c(n1)CN(C)CC2)C(=O)N[C@@H](CC(=O)OCC)c1cc(-c2c(C)cc(C(F)(F)F)cc2C)cc(F)c1F. The third-order valence-electron chi connectivity index (χ3n) is 8.26. The molecule has 4 rings (SSSR count). The van der Waals surface area contributed by atoms with Gasteiger partial charge in [0.15, 0.2) is 11.6 Å². The number of nitrogens with zero attached hydrogens (tertiary/aromatic N) is 2. The summed E-state index contributed by atoms with van der Waals surface area (Å²) in [4.78, 5) is 46.1. The summed E-state index contributed by atoms with van der Waals surface area (Å²) >= 11 is 0. The summed E-state index contributed by atoms with van der Waals surface area (Å²) in [6.45, 7) is 7.61. The molecule has 0 unspecified atom stereocenters. The van der Waals surface area contributed by atoms with Crippen LogP contribution >= 0.6 is 0 Å². The van der Waals surface area contributed by atoms with Crippen LogP contribution in [0.4, 0.5) is 22.0 Å². The van der Waals surface area contributed by atoms with E-state index in [0.29, 0.717) is 13.0 Å². The summed E-state index contributed by atoms with van der Waals surface area (Å²) in [6, 6.07) is 4.72. The number of carbonyl (C=O) groups excluding carboxylic acids is 3. The van der Waals surface area contributed by atoms with Crippen molar-refractivity contribution in [3.8, 4) is 11.1 Å². The number of aromatic nitrogens is 1. The van der Waals surface area contributed by atoms with Crippen LogP contribution in [0.1, 0.15) is 83.2 Å². The molecule has 1 aliphatic heterocycles. The van der Waals surface area contributed by atoms with E-state index in [4.69, 9.17) is 4.74 Å². The van der Waals surface area contributed by atoms with E-state index in [-0.39, 0.29) is 41.0 Å². The fraction of sp³-hybridized carbons (Fsp3) is 0.429. The van der Waals surface area contributed by atoms with Gasteiger partial charge in [-0.3, -0.25) is 14.4 Å². The average Bonchev–Trinajstić information content (AvgIpc) is 3.01. The number of fused-ring (bicyclic) bond motifs is 1. The zero-order valence-corrected chi connectivity index (χ0v) is 27.5. The van der Waals surface area contributed by atoms with Gasteiger partial charge in [0.1, 0.15) is 11.7 Å². The van der Waals surface area contributed by atoms with E-state index in [1.54, 1.807) is 19.9 Å². The highest BCUT2D eigenvalue weighted by Crippen LogP contribution is 2.37. The number of hydrogen-bond acceptors (Lipinski definition) is 6. The first-order chi connectivity index (χ1) is 22.6. The van der Waals surface area contributed by atoms with E-state index in [1.165, 1.54) is 19.9 Å². The fourth-order valence-corrected chi connectivity index (χ4v) is 5.95. The smallest absolute Gasteiger partial charge is 0.416 e. The van der Waals surface area contributed by atoms with Gasteiger partial charge >= 0.3 is 12.1 Å². The maximum Gasteiger partial charge on any atom is 0.416 e. The number of pyridine rings is 1. The molecule has 8 nitrogen and oxygen atoms in total. The summed E-state index contributed by atoms with van der Waals surface area (Å²) in [7, 11) is 1.95. The molecule has 0 fully saturated rings. The van der Waals surface area contributed by atoms with E-state index in [0.717, 1.165) is 42.4 Å². The number of ether oxygens (including phenoxy) is 1. The monoisotopic (exact) mass is 674 g/mol. The molecule has 3 aromatic rings. The summed E-state index contributed by atoms with van der Waals surface area (Å²) in [5.74, 6) is -4.85. The Morgan fingerprint density at radius 1 is 1.02 bits per heavy atom. The predicted octanol–water partition coefficient (Wildman–Crippen LogP) is 6.36. The maximum absolute atomic E-state index is 15.5. The second-order valence-electron chi connectivity index (χ2n) is 12.0. The lowest BCUT2D eigenvalue weighted by Gasteiger charge is -2.25. The standard InChI is InChI=1S/C35H39F5N4O4/c1-6-8-26(42-34(47)27-10-9-21-11-12-44(5)18-29(21)41-27)33(46)43-28(17-30(45)48-7-2)24-15-22(16-25(36)32(24)37)31-19(3)13-23(14-20(31)4)35(38,39)40/h9-10,13-16,26,28H,6-8,11-12,17-18H2,1-5H3,(H,42,47)(H,43,46)/t26-,28-/m0/s1. The van der Waals surface area contributed by atoms with Crippen LogP contribution in [0, 0.1) is 25.5 Å². The average molecular weight is 675 g/mol. The Hall–Kier alpha value is -4.39. The van der Waals surface area contributed by atoms with Gasteiger partial charge in [0.25, 0.3) is 5.91 Å². The summed E-state index contributed by atoms with van der Waals surface area (Å²) in [5.41, 5.74) is 1.24. The molecule has 2 N–H and O–H groups in total. The van der Waals surface area contributed by atoms with Gasteiger partial charge < -0.3 is 20.3 Å². The number of aryl methyl sites for hydroxylation is 2. The van der Waals surface area contributed by atoms with Crippen molar-refractivity contribution in [2.75, 3.05) is 20.2 Å². The quantitative estimate of drug-likeness (QED) is 0.182. The number of amides is 2. The van der Waals surface area contributed by atoms with Crippen molar-refractivity contribution >= 4 is 17.8 Å². The highest BCUT2D eigenvalue weighted by atomic mass is 19.4. The van der Waals surface area contributed by atoms with Crippen molar-refractivity contribution in [1.82, 2.24) is 20.5 Å². The Balaban J connectivity index is 1.67. The minimum atomic E-state index is -4.61. The number of halogens is 5. The second-order valence-corrected chi connectivity index (χ2v) is 12.0. The van der Waals surface area contributed by atoms with Crippen LogP contribution < -0.4 is 10.6 Å². The lowest BCUT2D eigenvalue weighted by molar-refractivity contribution is -0.144. The lowest BCUT2D eigenvalue weighted by atomic mass is 9.90. The van der Waals surface area contributed by atoms with E-state index in [9.17, 15) is 27.6 Å². The van der Waals surface area contributed by atoms with Crippen LogP contribution in [0.3, 0.4) is 0 Å². The van der Waals surface area contributed by atoms with Crippen LogP contribution in [0.5, 0.6) is 0 Å². The molecule has 2 aromatic carbocycles. The number of esters is 1. The third-order valence-corrected chi connectivity index (χ3v) is 8.26. The largest absolute Gasteiger partial charge is 0.466 e. The third kappa shape index (κ3) is 8.55. The van der Waals surface area contributed by atoms with Crippen molar-refractivity contribution in [2.24, 2.45) is 0 Å². The fourth-order valence-electron chi connectivity index (χ4n) is 5.95.